The summed E-state index contributed by atoms with van der Waals surface area (Å²) in [4.78, 5) is 23.6. The first-order valence-electron chi connectivity index (χ1n) is 6.70. The molecule has 2 aromatic heterocycles. The maximum Gasteiger partial charge on any atom is 0.345 e. The molecule has 0 aliphatic rings. The third-order valence-corrected chi connectivity index (χ3v) is 4.13. The summed E-state index contributed by atoms with van der Waals surface area (Å²) in [5.41, 5.74) is 0. The van der Waals surface area contributed by atoms with Gasteiger partial charge in [-0.05, 0) is 37.6 Å². The molecule has 0 spiro atoms. The number of thiophene rings is 1. The van der Waals surface area contributed by atoms with Gasteiger partial charge >= 0.3 is 5.97 Å². The molecule has 0 aromatic carbocycles. The van der Waals surface area contributed by atoms with Gasteiger partial charge in [0.05, 0.1) is 10.9 Å². The van der Waals surface area contributed by atoms with Crippen LogP contribution in [0.5, 0.6) is 0 Å². The number of methoxy groups -OCH3 is 1. The van der Waals surface area contributed by atoms with Crippen molar-refractivity contribution in [1.29, 1.82) is 0 Å². The molecule has 0 aliphatic carbocycles. The van der Waals surface area contributed by atoms with Gasteiger partial charge in [-0.1, -0.05) is 0 Å². The van der Waals surface area contributed by atoms with Crippen LogP contribution < -0.4 is 5.32 Å². The summed E-state index contributed by atoms with van der Waals surface area (Å²) in [6.45, 7) is 2.30. The van der Waals surface area contributed by atoms with Crippen LogP contribution in [-0.4, -0.2) is 30.7 Å². The maximum atomic E-state index is 12.3. The minimum absolute atomic E-state index is 0.132. The lowest BCUT2D eigenvalue weighted by Crippen LogP contribution is -2.28. The van der Waals surface area contributed by atoms with Crippen LogP contribution in [0.1, 0.15) is 43.3 Å². The first-order valence-corrected chi connectivity index (χ1v) is 7.52. The van der Waals surface area contributed by atoms with E-state index in [0.717, 1.165) is 17.1 Å². The number of hydrogen-bond donors (Lipinski definition) is 2. The smallest absolute Gasteiger partial charge is 0.345 e. The average molecular weight is 323 g/mol. The topological polar surface area (TPSA) is 88.8 Å². The summed E-state index contributed by atoms with van der Waals surface area (Å²) in [5.74, 6) is 0.0446. The van der Waals surface area contributed by atoms with E-state index in [1.54, 1.807) is 7.11 Å². The number of ether oxygens (including phenoxy) is 1. The Kier molecular flexibility index (Phi) is 5.35. The normalized spacial score (nSPS) is 12.1. The third kappa shape index (κ3) is 3.96. The van der Waals surface area contributed by atoms with E-state index >= 15 is 0 Å². The number of hydrogen-bond acceptors (Lipinski definition) is 5. The van der Waals surface area contributed by atoms with Crippen molar-refractivity contribution in [1.82, 2.24) is 5.32 Å². The Labute approximate surface area is 131 Å². The van der Waals surface area contributed by atoms with Gasteiger partial charge in [0, 0.05) is 13.7 Å². The predicted octanol–water partition coefficient (Wildman–Crippen LogP) is 2.86. The molecular formula is C15H17NO5S. The number of aryl methyl sites for hydroxylation is 1. The summed E-state index contributed by atoms with van der Waals surface area (Å²) >= 11 is 0.942. The fourth-order valence-electron chi connectivity index (χ4n) is 1.97. The molecule has 118 valence electrons. The monoisotopic (exact) mass is 323 g/mol. The number of carbonyl (C=O) groups excluding carboxylic acids is 1. The summed E-state index contributed by atoms with van der Waals surface area (Å²) in [6.07, 6.45) is 0.562. The van der Waals surface area contributed by atoms with Crippen molar-refractivity contribution in [2.75, 3.05) is 13.7 Å². The predicted molar refractivity (Wildman–Crippen MR) is 81.4 cm³/mol. The summed E-state index contributed by atoms with van der Waals surface area (Å²) in [5, 5.41) is 11.8. The lowest BCUT2D eigenvalue weighted by molar-refractivity contribution is 0.0702. The fourth-order valence-corrected chi connectivity index (χ4v) is 2.71. The highest BCUT2D eigenvalue weighted by Gasteiger charge is 2.20. The molecule has 0 bridgehead atoms. The molecule has 6 nitrogen and oxygen atoms in total. The first-order chi connectivity index (χ1) is 10.5. The zero-order valence-corrected chi connectivity index (χ0v) is 13.1. The second-order valence-electron chi connectivity index (χ2n) is 4.72. The van der Waals surface area contributed by atoms with Gasteiger partial charge in [0.2, 0.25) is 0 Å². The minimum Gasteiger partial charge on any atom is -0.477 e. The molecular weight excluding hydrogens is 306 g/mol. The number of amides is 1. The van der Waals surface area contributed by atoms with E-state index in [1.165, 1.54) is 12.1 Å². The second-order valence-corrected chi connectivity index (χ2v) is 5.81. The summed E-state index contributed by atoms with van der Waals surface area (Å²) < 4.78 is 10.6. The lowest BCUT2D eigenvalue weighted by atomic mass is 10.1. The van der Waals surface area contributed by atoms with Crippen LogP contribution in [0.4, 0.5) is 0 Å². The molecule has 1 amide bonds. The largest absolute Gasteiger partial charge is 0.477 e. The maximum absolute atomic E-state index is 12.3. The van der Waals surface area contributed by atoms with Gasteiger partial charge in [-0.25, -0.2) is 4.79 Å². The molecule has 22 heavy (non-hydrogen) atoms. The Morgan fingerprint density at radius 2 is 2.05 bits per heavy atom. The SMILES string of the molecule is COCCC(NC(=O)c1ccc(C(=O)O)s1)c1ccc(C)o1. The Hall–Kier alpha value is -2.12. The van der Waals surface area contributed by atoms with Crippen LogP contribution in [0.2, 0.25) is 0 Å². The first kappa shape index (κ1) is 16.3. The van der Waals surface area contributed by atoms with E-state index in [0.29, 0.717) is 23.7 Å². The van der Waals surface area contributed by atoms with E-state index in [1.807, 2.05) is 19.1 Å². The molecule has 0 aliphatic heterocycles. The van der Waals surface area contributed by atoms with Gasteiger partial charge in [-0.15, -0.1) is 11.3 Å². The standard InChI is InChI=1S/C15H17NO5S/c1-9-3-4-11(21-9)10(7-8-20-2)16-14(17)12-5-6-13(22-12)15(18)19/h3-6,10H,7-8H2,1-2H3,(H,16,17)(H,18,19). The Balaban J connectivity index is 2.11. The van der Waals surface area contributed by atoms with Crippen LogP contribution in [-0.2, 0) is 4.74 Å². The molecule has 0 radical (unpaired) electrons. The molecule has 0 saturated heterocycles. The van der Waals surface area contributed by atoms with Gasteiger partial charge < -0.3 is 19.6 Å². The molecule has 0 saturated carbocycles. The molecule has 0 fully saturated rings. The van der Waals surface area contributed by atoms with Crippen LogP contribution >= 0.6 is 11.3 Å². The van der Waals surface area contributed by atoms with Gasteiger partial charge in [0.25, 0.3) is 5.91 Å². The molecule has 2 rings (SSSR count). The molecule has 2 heterocycles. The van der Waals surface area contributed by atoms with Crippen LogP contribution in [0, 0.1) is 6.92 Å². The van der Waals surface area contributed by atoms with Gasteiger partial charge in [-0.3, -0.25) is 4.79 Å². The van der Waals surface area contributed by atoms with Crippen molar-refractivity contribution < 1.29 is 23.8 Å². The van der Waals surface area contributed by atoms with Crippen molar-refractivity contribution in [3.05, 3.63) is 45.5 Å². The van der Waals surface area contributed by atoms with Crippen molar-refractivity contribution >= 4 is 23.2 Å². The molecule has 2 aromatic rings. The van der Waals surface area contributed by atoms with Crippen LogP contribution in [0.15, 0.2) is 28.7 Å². The van der Waals surface area contributed by atoms with E-state index < -0.39 is 5.97 Å². The summed E-state index contributed by atoms with van der Waals surface area (Å²) in [6, 6.07) is 6.24. The van der Waals surface area contributed by atoms with Crippen molar-refractivity contribution in [3.8, 4) is 0 Å². The highest BCUT2D eigenvalue weighted by molar-refractivity contribution is 7.15. The second kappa shape index (κ2) is 7.24. The zero-order valence-electron chi connectivity index (χ0n) is 12.3. The average Bonchev–Trinajstić information content (AvgIpc) is 3.12. The quantitative estimate of drug-likeness (QED) is 0.818. The highest BCUT2D eigenvalue weighted by atomic mass is 32.1. The van der Waals surface area contributed by atoms with E-state index in [2.05, 4.69) is 5.32 Å². The number of carboxylic acids is 1. The molecule has 7 heteroatoms. The Morgan fingerprint density at radius 1 is 1.32 bits per heavy atom. The third-order valence-electron chi connectivity index (χ3n) is 3.06. The number of rotatable bonds is 7. The number of aromatic carboxylic acids is 1. The molecule has 1 unspecified atom stereocenters. The van der Waals surface area contributed by atoms with Gasteiger partial charge in [-0.2, -0.15) is 0 Å². The zero-order chi connectivity index (χ0) is 16.1. The Bertz CT molecular complexity index is 660. The van der Waals surface area contributed by atoms with Crippen LogP contribution in [0.25, 0.3) is 0 Å². The van der Waals surface area contributed by atoms with E-state index in [-0.39, 0.29) is 16.8 Å². The number of nitrogens with one attached hydrogen (secondary N) is 1. The molecule has 1 atom stereocenters. The van der Waals surface area contributed by atoms with Gasteiger partial charge in [0.1, 0.15) is 16.4 Å². The lowest BCUT2D eigenvalue weighted by Gasteiger charge is -2.15. The van der Waals surface area contributed by atoms with Crippen molar-refractivity contribution in [2.24, 2.45) is 0 Å². The highest BCUT2D eigenvalue weighted by Crippen LogP contribution is 2.22. The van der Waals surface area contributed by atoms with Gasteiger partial charge in [0.15, 0.2) is 0 Å². The van der Waals surface area contributed by atoms with Crippen LogP contribution in [0.3, 0.4) is 0 Å². The minimum atomic E-state index is -1.04. The number of carboxylic acid groups (broad SMARTS) is 1. The summed E-state index contributed by atoms with van der Waals surface area (Å²) in [7, 11) is 1.59. The van der Waals surface area contributed by atoms with E-state index in [9.17, 15) is 9.59 Å². The number of carbonyl (C=O) groups is 2. The molecule has 2 N–H and O–H groups in total. The fraction of sp³-hybridized carbons (Fsp3) is 0.333. The number of furan rings is 1. The Morgan fingerprint density at radius 3 is 2.59 bits per heavy atom. The van der Waals surface area contributed by atoms with E-state index in [4.69, 9.17) is 14.3 Å². The van der Waals surface area contributed by atoms with Crippen molar-refractivity contribution in [3.63, 3.8) is 0 Å². The van der Waals surface area contributed by atoms with Crippen molar-refractivity contribution in [2.45, 2.75) is 19.4 Å².